The molecule has 0 saturated heterocycles. The predicted molar refractivity (Wildman–Crippen MR) is 65.7 cm³/mol. The smallest absolute Gasteiger partial charge is 0.168 e. The van der Waals surface area contributed by atoms with Crippen LogP contribution in [0.4, 0.5) is 0 Å². The zero-order valence-corrected chi connectivity index (χ0v) is 10.4. The third-order valence-corrected chi connectivity index (χ3v) is 3.22. The molecule has 1 rings (SSSR count). The molecule has 16 heavy (non-hydrogen) atoms. The van der Waals surface area contributed by atoms with Crippen molar-refractivity contribution in [2.75, 3.05) is 0 Å². The van der Waals surface area contributed by atoms with E-state index in [1.54, 1.807) is 12.1 Å². The molecule has 0 aromatic heterocycles. The summed E-state index contributed by atoms with van der Waals surface area (Å²) in [5, 5.41) is 10.7. The Labute approximate surface area is 101 Å². The molecule has 1 aromatic carbocycles. The number of hydrogen-bond donors (Lipinski definition) is 1. The van der Waals surface area contributed by atoms with Gasteiger partial charge in [0.1, 0.15) is 5.60 Å². The molecule has 0 unspecified atom stereocenters. The van der Waals surface area contributed by atoms with Crippen molar-refractivity contribution in [3.8, 4) is 0 Å². The summed E-state index contributed by atoms with van der Waals surface area (Å²) in [6.07, 6.45) is 1.17. The second-order valence-corrected chi connectivity index (χ2v) is 4.40. The van der Waals surface area contributed by atoms with Gasteiger partial charge >= 0.3 is 0 Å². The molecule has 0 radical (unpaired) electrons. The first kappa shape index (κ1) is 13.2. The van der Waals surface area contributed by atoms with Gasteiger partial charge in [0.05, 0.1) is 0 Å². The van der Waals surface area contributed by atoms with Crippen LogP contribution in [0.5, 0.6) is 0 Å². The predicted octanol–water partition coefficient (Wildman–Crippen LogP) is 3.00. The van der Waals surface area contributed by atoms with Gasteiger partial charge in [-0.05, 0) is 30.5 Å². The quantitative estimate of drug-likeness (QED) is 0.859. The van der Waals surface area contributed by atoms with Crippen LogP contribution in [0.25, 0.3) is 0 Å². The first-order chi connectivity index (χ1) is 7.51. The van der Waals surface area contributed by atoms with E-state index in [1.165, 1.54) is 0 Å². The molecular weight excluding hydrogens is 224 g/mol. The highest BCUT2D eigenvalue weighted by molar-refractivity contribution is 6.30. The Bertz CT molecular complexity index is 353. The summed E-state index contributed by atoms with van der Waals surface area (Å²) in [7, 11) is 0. The van der Waals surface area contributed by atoms with Crippen LogP contribution in [0.1, 0.15) is 32.3 Å². The zero-order valence-electron chi connectivity index (χ0n) is 9.66. The average molecular weight is 241 g/mol. The summed E-state index contributed by atoms with van der Waals surface area (Å²) in [6.45, 7) is 3.65. The van der Waals surface area contributed by atoms with Crippen LogP contribution < -0.4 is 0 Å². The van der Waals surface area contributed by atoms with E-state index >= 15 is 0 Å². The van der Waals surface area contributed by atoms with Gasteiger partial charge in [-0.25, -0.2) is 0 Å². The van der Waals surface area contributed by atoms with Gasteiger partial charge in [-0.3, -0.25) is 4.79 Å². The maximum absolute atomic E-state index is 11.9. The molecule has 1 aromatic rings. The van der Waals surface area contributed by atoms with Crippen molar-refractivity contribution in [1.29, 1.82) is 0 Å². The molecule has 0 heterocycles. The number of aliphatic hydroxyl groups is 1. The van der Waals surface area contributed by atoms with Crippen molar-refractivity contribution in [1.82, 2.24) is 0 Å². The SMILES string of the molecule is CCC(O)(CC)C(=O)Cc1ccc(Cl)cc1. The summed E-state index contributed by atoms with van der Waals surface area (Å²) >= 11 is 5.76. The maximum atomic E-state index is 11.9. The lowest BCUT2D eigenvalue weighted by atomic mass is 9.88. The molecule has 3 heteroatoms. The van der Waals surface area contributed by atoms with E-state index in [1.807, 2.05) is 26.0 Å². The number of hydrogen-bond acceptors (Lipinski definition) is 2. The molecule has 0 saturated carbocycles. The minimum Gasteiger partial charge on any atom is -0.382 e. The Kier molecular flexibility index (Phi) is 4.51. The molecular formula is C13H17ClO2. The van der Waals surface area contributed by atoms with Crippen molar-refractivity contribution in [3.05, 3.63) is 34.9 Å². The van der Waals surface area contributed by atoms with E-state index in [9.17, 15) is 9.90 Å². The molecule has 2 nitrogen and oxygen atoms in total. The van der Waals surface area contributed by atoms with Crippen molar-refractivity contribution in [3.63, 3.8) is 0 Å². The molecule has 0 fully saturated rings. The van der Waals surface area contributed by atoms with Crippen LogP contribution in [0, 0.1) is 0 Å². The lowest BCUT2D eigenvalue weighted by Crippen LogP contribution is -2.38. The van der Waals surface area contributed by atoms with Crippen LogP contribution in [0.2, 0.25) is 5.02 Å². The van der Waals surface area contributed by atoms with Crippen molar-refractivity contribution < 1.29 is 9.90 Å². The van der Waals surface area contributed by atoms with Crippen LogP contribution in [0.3, 0.4) is 0 Å². The van der Waals surface area contributed by atoms with E-state index < -0.39 is 5.60 Å². The summed E-state index contributed by atoms with van der Waals surface area (Å²) in [4.78, 5) is 11.9. The van der Waals surface area contributed by atoms with E-state index in [-0.39, 0.29) is 12.2 Å². The topological polar surface area (TPSA) is 37.3 Å². The Balaban J connectivity index is 2.74. The van der Waals surface area contributed by atoms with Gasteiger partial charge in [-0.1, -0.05) is 37.6 Å². The monoisotopic (exact) mass is 240 g/mol. The Morgan fingerprint density at radius 1 is 1.25 bits per heavy atom. The van der Waals surface area contributed by atoms with Gasteiger partial charge in [-0.2, -0.15) is 0 Å². The minimum atomic E-state index is -1.18. The largest absolute Gasteiger partial charge is 0.382 e. The molecule has 0 bridgehead atoms. The van der Waals surface area contributed by atoms with Crippen LogP contribution in [0.15, 0.2) is 24.3 Å². The van der Waals surface area contributed by atoms with Gasteiger partial charge in [0.25, 0.3) is 0 Å². The number of carbonyl (C=O) groups excluding carboxylic acids is 1. The second kappa shape index (κ2) is 5.46. The minimum absolute atomic E-state index is 0.125. The Hall–Kier alpha value is -0.860. The van der Waals surface area contributed by atoms with Crippen molar-refractivity contribution in [2.24, 2.45) is 0 Å². The zero-order chi connectivity index (χ0) is 12.2. The van der Waals surface area contributed by atoms with Crippen LogP contribution in [-0.4, -0.2) is 16.5 Å². The number of benzene rings is 1. The van der Waals surface area contributed by atoms with Crippen LogP contribution >= 0.6 is 11.6 Å². The number of carbonyl (C=O) groups is 1. The fourth-order valence-corrected chi connectivity index (χ4v) is 1.72. The first-order valence-electron chi connectivity index (χ1n) is 5.52. The highest BCUT2D eigenvalue weighted by Gasteiger charge is 2.31. The highest BCUT2D eigenvalue weighted by atomic mass is 35.5. The molecule has 1 N–H and O–H groups in total. The third-order valence-electron chi connectivity index (χ3n) is 2.97. The van der Waals surface area contributed by atoms with E-state index in [4.69, 9.17) is 11.6 Å². The lowest BCUT2D eigenvalue weighted by molar-refractivity contribution is -0.137. The molecule has 0 atom stereocenters. The van der Waals surface area contributed by atoms with Gasteiger partial charge in [0, 0.05) is 11.4 Å². The van der Waals surface area contributed by atoms with Gasteiger partial charge in [0.15, 0.2) is 5.78 Å². The molecule has 0 amide bonds. The molecule has 0 aliphatic heterocycles. The number of ketones is 1. The molecule has 0 aliphatic rings. The maximum Gasteiger partial charge on any atom is 0.168 e. The number of halogens is 1. The summed E-state index contributed by atoms with van der Waals surface area (Å²) in [5.74, 6) is -0.125. The standard InChI is InChI=1S/C13H17ClO2/c1-3-13(16,4-2)12(15)9-10-5-7-11(14)8-6-10/h5-8,16H,3-4,9H2,1-2H3. The second-order valence-electron chi connectivity index (χ2n) is 3.97. The van der Waals surface area contributed by atoms with Crippen molar-refractivity contribution >= 4 is 17.4 Å². The van der Waals surface area contributed by atoms with Gasteiger partial charge in [-0.15, -0.1) is 0 Å². The van der Waals surface area contributed by atoms with Gasteiger partial charge in [0.2, 0.25) is 0 Å². The summed E-state index contributed by atoms with van der Waals surface area (Å²) < 4.78 is 0. The summed E-state index contributed by atoms with van der Waals surface area (Å²) in [5.41, 5.74) is -0.297. The van der Waals surface area contributed by atoms with E-state index in [2.05, 4.69) is 0 Å². The van der Waals surface area contributed by atoms with Crippen molar-refractivity contribution in [2.45, 2.75) is 38.7 Å². The Morgan fingerprint density at radius 2 is 1.75 bits per heavy atom. The molecule has 0 aliphatic carbocycles. The average Bonchev–Trinajstić information content (AvgIpc) is 2.31. The summed E-state index contributed by atoms with van der Waals surface area (Å²) in [6, 6.07) is 7.13. The fraction of sp³-hybridized carbons (Fsp3) is 0.462. The fourth-order valence-electron chi connectivity index (χ4n) is 1.60. The van der Waals surface area contributed by atoms with E-state index in [0.717, 1.165) is 5.56 Å². The lowest BCUT2D eigenvalue weighted by Gasteiger charge is -2.23. The third kappa shape index (κ3) is 3.06. The number of Topliss-reactive ketones (excluding diaryl/α,β-unsaturated/α-hetero) is 1. The van der Waals surface area contributed by atoms with E-state index in [0.29, 0.717) is 17.9 Å². The normalized spacial score (nSPS) is 11.5. The number of rotatable bonds is 5. The molecule has 88 valence electrons. The van der Waals surface area contributed by atoms with Gasteiger partial charge < -0.3 is 5.11 Å². The first-order valence-corrected chi connectivity index (χ1v) is 5.89. The molecule has 0 spiro atoms. The highest BCUT2D eigenvalue weighted by Crippen LogP contribution is 2.19. The Morgan fingerprint density at radius 3 is 2.19 bits per heavy atom. The van der Waals surface area contributed by atoms with Crippen LogP contribution in [-0.2, 0) is 11.2 Å².